The molecule has 6 heteroatoms. The van der Waals surface area contributed by atoms with Gasteiger partial charge in [-0.25, -0.2) is 0 Å². The minimum atomic E-state index is -0.0946. The maximum absolute atomic E-state index is 12.1. The molecule has 4 nitrogen and oxygen atoms in total. The van der Waals surface area contributed by atoms with Gasteiger partial charge < -0.3 is 5.32 Å². The summed E-state index contributed by atoms with van der Waals surface area (Å²) in [5, 5.41) is 12.5. The van der Waals surface area contributed by atoms with Gasteiger partial charge in [-0.1, -0.05) is 6.07 Å². The number of aromatic nitrogens is 2. The first-order valence-electron chi connectivity index (χ1n) is 5.21. The molecule has 0 aliphatic carbocycles. The van der Waals surface area contributed by atoms with Gasteiger partial charge in [-0.15, -0.1) is 11.3 Å². The van der Waals surface area contributed by atoms with Gasteiger partial charge in [-0.3, -0.25) is 9.89 Å². The molecule has 2 N–H and O–H groups in total. The molecule has 0 saturated heterocycles. The minimum absolute atomic E-state index is 0.0946. The number of hydrogen-bond donors (Lipinski definition) is 2. The van der Waals surface area contributed by atoms with Crippen LogP contribution in [-0.4, -0.2) is 16.1 Å². The summed E-state index contributed by atoms with van der Waals surface area (Å²) in [7, 11) is 0. The van der Waals surface area contributed by atoms with Crippen molar-refractivity contribution in [2.24, 2.45) is 0 Å². The average molecular weight is 369 g/mol. The Morgan fingerprint density at radius 2 is 2.33 bits per heavy atom. The topological polar surface area (TPSA) is 57.8 Å². The van der Waals surface area contributed by atoms with Crippen LogP contribution in [0.2, 0.25) is 0 Å². The van der Waals surface area contributed by atoms with Gasteiger partial charge in [0.05, 0.1) is 25.8 Å². The Balaban J connectivity index is 1.92. The lowest BCUT2D eigenvalue weighted by Crippen LogP contribution is -2.10. The lowest BCUT2D eigenvalue weighted by Gasteiger charge is -2.04. The van der Waals surface area contributed by atoms with Crippen LogP contribution in [0.5, 0.6) is 0 Å². The van der Waals surface area contributed by atoms with Crippen LogP contribution in [0.25, 0.3) is 10.9 Å². The molecule has 2 heterocycles. The lowest BCUT2D eigenvalue weighted by molar-refractivity contribution is 0.102. The maximum atomic E-state index is 12.1. The lowest BCUT2D eigenvalue weighted by atomic mass is 10.2. The van der Waals surface area contributed by atoms with Crippen molar-refractivity contribution in [1.82, 2.24) is 10.2 Å². The number of hydrogen-bond acceptors (Lipinski definition) is 3. The molecule has 1 aromatic carbocycles. The van der Waals surface area contributed by atoms with Crippen LogP contribution in [0.15, 0.2) is 35.8 Å². The second kappa shape index (κ2) is 4.69. The number of H-pyrrole nitrogens is 1. The van der Waals surface area contributed by atoms with Gasteiger partial charge in [0.15, 0.2) is 0 Å². The highest BCUT2D eigenvalue weighted by molar-refractivity contribution is 14.1. The van der Waals surface area contributed by atoms with Crippen molar-refractivity contribution in [2.75, 3.05) is 5.32 Å². The number of carbonyl (C=O) groups excluding carboxylic acids is 1. The summed E-state index contributed by atoms with van der Waals surface area (Å²) in [5.41, 5.74) is 2.37. The van der Waals surface area contributed by atoms with Crippen molar-refractivity contribution >= 4 is 56.4 Å². The highest BCUT2D eigenvalue weighted by atomic mass is 127. The van der Waals surface area contributed by atoms with E-state index >= 15 is 0 Å². The summed E-state index contributed by atoms with van der Waals surface area (Å²) in [6.07, 6.45) is 1.71. The number of nitrogens with one attached hydrogen (secondary N) is 2. The van der Waals surface area contributed by atoms with E-state index in [4.69, 9.17) is 0 Å². The summed E-state index contributed by atoms with van der Waals surface area (Å²) in [6.45, 7) is 0. The quantitative estimate of drug-likeness (QED) is 0.680. The van der Waals surface area contributed by atoms with Gasteiger partial charge in [-0.05, 0) is 40.8 Å². The van der Waals surface area contributed by atoms with E-state index in [1.54, 1.807) is 17.5 Å². The molecular weight excluding hydrogens is 361 g/mol. The Morgan fingerprint density at radius 3 is 3.11 bits per heavy atom. The summed E-state index contributed by atoms with van der Waals surface area (Å²) in [6, 6.07) is 7.54. The van der Waals surface area contributed by atoms with Crippen molar-refractivity contribution in [1.29, 1.82) is 0 Å². The molecule has 0 fully saturated rings. The Kier molecular flexibility index (Phi) is 3.04. The first-order valence-corrected chi connectivity index (χ1v) is 7.17. The van der Waals surface area contributed by atoms with Crippen molar-refractivity contribution in [3.63, 3.8) is 0 Å². The molecule has 0 radical (unpaired) electrons. The van der Waals surface area contributed by atoms with E-state index in [1.165, 1.54) is 0 Å². The Hall–Kier alpha value is -1.41. The molecule has 0 aliphatic rings. The summed E-state index contributed by atoms with van der Waals surface area (Å²) < 4.78 is 1.10. The molecule has 0 bridgehead atoms. The normalized spacial score (nSPS) is 10.7. The monoisotopic (exact) mass is 369 g/mol. The molecular formula is C12H8IN3OS. The third kappa shape index (κ3) is 2.13. The van der Waals surface area contributed by atoms with E-state index in [0.29, 0.717) is 5.56 Å². The van der Waals surface area contributed by atoms with Gasteiger partial charge in [0, 0.05) is 10.8 Å². The average Bonchev–Trinajstić information content (AvgIpc) is 2.97. The second-order valence-corrected chi connectivity index (χ2v) is 6.54. The van der Waals surface area contributed by atoms with Gasteiger partial charge in [0.25, 0.3) is 5.91 Å². The number of thiophene rings is 1. The van der Waals surface area contributed by atoms with Crippen LogP contribution < -0.4 is 5.32 Å². The number of nitrogens with zero attached hydrogens (tertiary/aromatic N) is 1. The van der Waals surface area contributed by atoms with Crippen LogP contribution in [0.3, 0.4) is 0 Å². The Labute approximate surface area is 121 Å². The molecule has 0 saturated carbocycles. The zero-order valence-electron chi connectivity index (χ0n) is 9.11. The van der Waals surface area contributed by atoms with E-state index in [0.717, 1.165) is 19.5 Å². The van der Waals surface area contributed by atoms with E-state index in [-0.39, 0.29) is 5.91 Å². The van der Waals surface area contributed by atoms with E-state index in [9.17, 15) is 4.79 Å². The number of fused-ring (bicyclic) bond motifs is 1. The third-order valence-electron chi connectivity index (χ3n) is 2.56. The van der Waals surface area contributed by atoms with Crippen molar-refractivity contribution in [3.05, 3.63) is 44.3 Å². The van der Waals surface area contributed by atoms with Crippen molar-refractivity contribution < 1.29 is 4.79 Å². The van der Waals surface area contributed by atoms with Crippen LogP contribution in [0.4, 0.5) is 5.69 Å². The predicted octanol–water partition coefficient (Wildman–Crippen LogP) is 3.48. The number of halogens is 1. The fraction of sp³-hybridized carbons (Fsp3) is 0. The van der Waals surface area contributed by atoms with E-state index in [2.05, 4.69) is 38.1 Å². The fourth-order valence-electron chi connectivity index (χ4n) is 1.70. The highest BCUT2D eigenvalue weighted by Gasteiger charge is 2.10. The number of benzene rings is 1. The number of anilines is 1. The highest BCUT2D eigenvalue weighted by Crippen LogP contribution is 2.23. The van der Waals surface area contributed by atoms with Crippen LogP contribution in [0.1, 0.15) is 10.4 Å². The zero-order valence-corrected chi connectivity index (χ0v) is 12.1. The Morgan fingerprint density at radius 1 is 1.44 bits per heavy atom. The molecule has 0 aliphatic heterocycles. The molecule has 18 heavy (non-hydrogen) atoms. The summed E-state index contributed by atoms with van der Waals surface area (Å²) >= 11 is 3.76. The van der Waals surface area contributed by atoms with E-state index < -0.39 is 0 Å². The van der Waals surface area contributed by atoms with Crippen molar-refractivity contribution in [2.45, 2.75) is 0 Å². The minimum Gasteiger partial charge on any atom is -0.321 e. The molecule has 0 atom stereocenters. The first-order chi connectivity index (χ1) is 8.74. The standard InChI is InChI=1S/C12H8IN3OS/c13-11-4-7(6-18-11)12(17)15-9-2-1-3-10-8(9)5-14-16-10/h1-6H,(H,14,16)(H,15,17). The van der Waals surface area contributed by atoms with Gasteiger partial charge in [0.1, 0.15) is 0 Å². The molecule has 0 unspecified atom stereocenters. The summed E-state index contributed by atoms with van der Waals surface area (Å²) in [4.78, 5) is 12.1. The molecule has 0 spiro atoms. The second-order valence-electron chi connectivity index (χ2n) is 3.73. The summed E-state index contributed by atoms with van der Waals surface area (Å²) in [5.74, 6) is -0.0946. The number of aromatic amines is 1. The van der Waals surface area contributed by atoms with Crippen LogP contribution in [-0.2, 0) is 0 Å². The zero-order chi connectivity index (χ0) is 12.5. The van der Waals surface area contributed by atoms with Gasteiger partial charge in [0.2, 0.25) is 0 Å². The molecule has 2 aromatic heterocycles. The molecule has 3 aromatic rings. The SMILES string of the molecule is O=C(Nc1cccc2[nH]ncc12)c1csc(I)c1. The van der Waals surface area contributed by atoms with Crippen LogP contribution in [0, 0.1) is 2.88 Å². The largest absolute Gasteiger partial charge is 0.321 e. The maximum Gasteiger partial charge on any atom is 0.256 e. The number of amides is 1. The van der Waals surface area contributed by atoms with Gasteiger partial charge >= 0.3 is 0 Å². The van der Waals surface area contributed by atoms with Crippen molar-refractivity contribution in [3.8, 4) is 0 Å². The van der Waals surface area contributed by atoms with Gasteiger partial charge in [-0.2, -0.15) is 5.10 Å². The number of rotatable bonds is 2. The van der Waals surface area contributed by atoms with Crippen LogP contribution >= 0.6 is 33.9 Å². The molecule has 1 amide bonds. The molecule has 90 valence electrons. The number of carbonyl (C=O) groups is 1. The Bertz CT molecular complexity index is 719. The smallest absolute Gasteiger partial charge is 0.256 e. The first kappa shape index (κ1) is 11.7. The third-order valence-corrected chi connectivity index (χ3v) is 4.35. The van der Waals surface area contributed by atoms with E-state index in [1.807, 2.05) is 29.6 Å². The fourth-order valence-corrected chi connectivity index (χ4v) is 3.03. The molecule has 3 rings (SSSR count). The predicted molar refractivity (Wildman–Crippen MR) is 81.1 cm³/mol.